The molecule has 0 heterocycles. The molecular weight excluding hydrogens is 218 g/mol. The number of hydrogen-bond acceptors (Lipinski definition) is 2. The summed E-state index contributed by atoms with van der Waals surface area (Å²) in [5.74, 6) is -0.483. The Morgan fingerprint density at radius 1 is 1.12 bits per heavy atom. The van der Waals surface area contributed by atoms with Crippen LogP contribution in [-0.2, 0) is 9.59 Å². The predicted octanol–water partition coefficient (Wildman–Crippen LogP) is 2.28. The molecule has 0 aliphatic carbocycles. The van der Waals surface area contributed by atoms with Crippen LogP contribution in [0.1, 0.15) is 47.5 Å². The molecule has 100 valence electrons. The van der Waals surface area contributed by atoms with Gasteiger partial charge in [0.15, 0.2) is 0 Å². The summed E-state index contributed by atoms with van der Waals surface area (Å²) in [5, 5.41) is 11.7. The minimum absolute atomic E-state index is 0.0502. The molecule has 1 amide bonds. The fraction of sp³-hybridized carbons (Fsp3) is 0.846. The van der Waals surface area contributed by atoms with E-state index in [1.807, 2.05) is 20.8 Å². The van der Waals surface area contributed by atoms with Gasteiger partial charge in [0.2, 0.25) is 5.91 Å². The average Bonchev–Trinajstić information content (AvgIpc) is 2.24. The standard InChI is InChI=1S/C13H25NO3/c1-6-9(4)12(13(16)17)14-11(15)7-10(5)8(2)3/h8-10,12H,6-7H2,1-5H3,(H,14,15)(H,16,17). The van der Waals surface area contributed by atoms with E-state index >= 15 is 0 Å². The molecular formula is C13H25NO3. The topological polar surface area (TPSA) is 66.4 Å². The highest BCUT2D eigenvalue weighted by Crippen LogP contribution is 2.14. The van der Waals surface area contributed by atoms with Crippen molar-refractivity contribution in [2.45, 2.75) is 53.5 Å². The maximum Gasteiger partial charge on any atom is 0.326 e. The normalized spacial score (nSPS) is 16.4. The van der Waals surface area contributed by atoms with Gasteiger partial charge < -0.3 is 10.4 Å². The molecule has 0 aromatic rings. The van der Waals surface area contributed by atoms with Crippen molar-refractivity contribution in [2.24, 2.45) is 17.8 Å². The van der Waals surface area contributed by atoms with Crippen LogP contribution >= 0.6 is 0 Å². The molecule has 3 atom stereocenters. The van der Waals surface area contributed by atoms with E-state index in [9.17, 15) is 9.59 Å². The molecule has 0 aromatic heterocycles. The van der Waals surface area contributed by atoms with Crippen LogP contribution in [-0.4, -0.2) is 23.0 Å². The summed E-state index contributed by atoms with van der Waals surface area (Å²) in [6.45, 7) is 9.88. The number of carbonyl (C=O) groups excluding carboxylic acids is 1. The molecule has 0 bridgehead atoms. The fourth-order valence-electron chi connectivity index (χ4n) is 1.44. The minimum atomic E-state index is -0.954. The molecule has 2 N–H and O–H groups in total. The van der Waals surface area contributed by atoms with Crippen molar-refractivity contribution in [2.75, 3.05) is 0 Å². The predicted molar refractivity (Wildman–Crippen MR) is 67.6 cm³/mol. The van der Waals surface area contributed by atoms with Crippen LogP contribution in [0.2, 0.25) is 0 Å². The van der Waals surface area contributed by atoms with E-state index in [1.165, 1.54) is 0 Å². The Balaban J connectivity index is 4.37. The molecule has 0 aliphatic rings. The molecule has 0 saturated carbocycles. The highest BCUT2D eigenvalue weighted by molar-refractivity contribution is 5.83. The van der Waals surface area contributed by atoms with Gasteiger partial charge in [-0.3, -0.25) is 4.79 Å². The molecule has 0 spiro atoms. The number of amides is 1. The number of aliphatic carboxylic acids is 1. The maximum atomic E-state index is 11.7. The van der Waals surface area contributed by atoms with Gasteiger partial charge in [-0.1, -0.05) is 41.0 Å². The SMILES string of the molecule is CCC(C)C(NC(=O)CC(C)C(C)C)C(=O)O. The van der Waals surface area contributed by atoms with E-state index in [0.29, 0.717) is 12.3 Å². The van der Waals surface area contributed by atoms with Crippen molar-refractivity contribution >= 4 is 11.9 Å². The van der Waals surface area contributed by atoms with Gasteiger partial charge in [-0.15, -0.1) is 0 Å². The van der Waals surface area contributed by atoms with E-state index < -0.39 is 12.0 Å². The van der Waals surface area contributed by atoms with Gasteiger partial charge in [0.1, 0.15) is 6.04 Å². The lowest BCUT2D eigenvalue weighted by atomic mass is 9.93. The molecule has 4 nitrogen and oxygen atoms in total. The zero-order valence-electron chi connectivity index (χ0n) is 11.5. The monoisotopic (exact) mass is 243 g/mol. The zero-order valence-corrected chi connectivity index (χ0v) is 11.5. The van der Waals surface area contributed by atoms with E-state index in [2.05, 4.69) is 19.2 Å². The minimum Gasteiger partial charge on any atom is -0.480 e. The first-order valence-electron chi connectivity index (χ1n) is 6.31. The van der Waals surface area contributed by atoms with Crippen LogP contribution in [0.25, 0.3) is 0 Å². The number of carboxylic acid groups (broad SMARTS) is 1. The summed E-state index contributed by atoms with van der Waals surface area (Å²) < 4.78 is 0. The van der Waals surface area contributed by atoms with Gasteiger partial charge in [0, 0.05) is 6.42 Å². The van der Waals surface area contributed by atoms with Crippen LogP contribution in [0.4, 0.5) is 0 Å². The summed E-state index contributed by atoms with van der Waals surface area (Å²) >= 11 is 0. The van der Waals surface area contributed by atoms with Crippen LogP contribution in [0.3, 0.4) is 0 Å². The number of nitrogens with one attached hydrogen (secondary N) is 1. The summed E-state index contributed by atoms with van der Waals surface area (Å²) in [4.78, 5) is 22.8. The first kappa shape index (κ1) is 15.9. The molecule has 0 radical (unpaired) electrons. The summed E-state index contributed by atoms with van der Waals surface area (Å²) in [6.07, 6.45) is 1.12. The van der Waals surface area contributed by atoms with Crippen molar-refractivity contribution in [3.63, 3.8) is 0 Å². The number of carboxylic acids is 1. The van der Waals surface area contributed by atoms with E-state index in [0.717, 1.165) is 6.42 Å². The highest BCUT2D eigenvalue weighted by atomic mass is 16.4. The average molecular weight is 243 g/mol. The number of hydrogen-bond donors (Lipinski definition) is 2. The third-order valence-electron chi connectivity index (χ3n) is 3.44. The summed E-state index contributed by atoms with van der Waals surface area (Å²) in [7, 11) is 0. The van der Waals surface area contributed by atoms with Crippen LogP contribution in [0.15, 0.2) is 0 Å². The van der Waals surface area contributed by atoms with Crippen LogP contribution < -0.4 is 5.32 Å². The van der Waals surface area contributed by atoms with E-state index in [-0.39, 0.29) is 17.7 Å². The Kier molecular flexibility index (Phi) is 6.85. The third-order valence-corrected chi connectivity index (χ3v) is 3.44. The second-order valence-corrected chi connectivity index (χ2v) is 5.19. The molecule has 3 unspecified atom stereocenters. The van der Waals surface area contributed by atoms with Crippen molar-refractivity contribution < 1.29 is 14.7 Å². The molecule has 0 aromatic carbocycles. The quantitative estimate of drug-likeness (QED) is 0.721. The first-order valence-corrected chi connectivity index (χ1v) is 6.31. The largest absolute Gasteiger partial charge is 0.480 e. The molecule has 0 fully saturated rings. The smallest absolute Gasteiger partial charge is 0.326 e. The molecule has 0 saturated heterocycles. The fourth-order valence-corrected chi connectivity index (χ4v) is 1.44. The third kappa shape index (κ3) is 5.71. The molecule has 0 rings (SSSR count). The summed E-state index contributed by atoms with van der Waals surface area (Å²) in [5.41, 5.74) is 0. The van der Waals surface area contributed by atoms with Crippen molar-refractivity contribution in [1.29, 1.82) is 0 Å². The second kappa shape index (κ2) is 7.30. The van der Waals surface area contributed by atoms with Crippen molar-refractivity contribution in [3.05, 3.63) is 0 Å². The number of carbonyl (C=O) groups is 2. The Hall–Kier alpha value is -1.06. The van der Waals surface area contributed by atoms with Crippen molar-refractivity contribution in [1.82, 2.24) is 5.32 Å². The van der Waals surface area contributed by atoms with Gasteiger partial charge in [-0.05, 0) is 17.8 Å². The lowest BCUT2D eigenvalue weighted by Gasteiger charge is -2.22. The Morgan fingerprint density at radius 3 is 2.00 bits per heavy atom. The van der Waals surface area contributed by atoms with Gasteiger partial charge in [-0.25, -0.2) is 4.79 Å². The van der Waals surface area contributed by atoms with Crippen molar-refractivity contribution in [3.8, 4) is 0 Å². The highest BCUT2D eigenvalue weighted by Gasteiger charge is 2.25. The molecule has 0 aliphatic heterocycles. The Labute approximate surface area is 104 Å². The lowest BCUT2D eigenvalue weighted by Crippen LogP contribution is -2.45. The maximum absolute atomic E-state index is 11.7. The Bertz CT molecular complexity index is 263. The van der Waals surface area contributed by atoms with Gasteiger partial charge >= 0.3 is 5.97 Å². The molecule has 4 heteroatoms. The van der Waals surface area contributed by atoms with E-state index in [1.54, 1.807) is 0 Å². The lowest BCUT2D eigenvalue weighted by molar-refractivity contribution is -0.143. The molecule has 17 heavy (non-hydrogen) atoms. The van der Waals surface area contributed by atoms with Crippen LogP contribution in [0.5, 0.6) is 0 Å². The van der Waals surface area contributed by atoms with E-state index in [4.69, 9.17) is 5.11 Å². The summed E-state index contributed by atoms with van der Waals surface area (Å²) in [6, 6.07) is -0.771. The number of rotatable bonds is 7. The Morgan fingerprint density at radius 2 is 1.65 bits per heavy atom. The zero-order chi connectivity index (χ0) is 13.6. The first-order chi connectivity index (χ1) is 7.79. The van der Waals surface area contributed by atoms with Gasteiger partial charge in [0.25, 0.3) is 0 Å². The second-order valence-electron chi connectivity index (χ2n) is 5.19. The van der Waals surface area contributed by atoms with Gasteiger partial charge in [-0.2, -0.15) is 0 Å². The van der Waals surface area contributed by atoms with Crippen LogP contribution in [0, 0.1) is 17.8 Å². The van der Waals surface area contributed by atoms with Gasteiger partial charge in [0.05, 0.1) is 0 Å².